The van der Waals surface area contributed by atoms with Gasteiger partial charge in [-0.05, 0) is 36.6 Å². The fourth-order valence-electron chi connectivity index (χ4n) is 3.82. The molecule has 0 radical (unpaired) electrons. The summed E-state index contributed by atoms with van der Waals surface area (Å²) in [6, 6.07) is 5.64. The van der Waals surface area contributed by atoms with Crippen molar-refractivity contribution in [3.63, 3.8) is 0 Å². The number of benzene rings is 1. The molecule has 0 atom stereocenters. The van der Waals surface area contributed by atoms with Crippen LogP contribution in [0, 0.1) is 11.6 Å². The minimum absolute atomic E-state index is 0.135. The van der Waals surface area contributed by atoms with Crippen LogP contribution in [0.2, 0.25) is 0 Å². The lowest BCUT2D eigenvalue weighted by Crippen LogP contribution is -2.17. The zero-order valence-electron chi connectivity index (χ0n) is 14.9. The number of hydrogen-bond acceptors (Lipinski definition) is 4. The van der Waals surface area contributed by atoms with E-state index in [1.165, 1.54) is 12.1 Å². The molecule has 1 saturated carbocycles. The molecule has 3 heterocycles. The fraction of sp³-hybridized carbons (Fsp3) is 0.250. The number of imidazole rings is 1. The number of aromatic amines is 1. The molecule has 0 spiro atoms. The summed E-state index contributed by atoms with van der Waals surface area (Å²) in [5.74, 6) is -0.898. The van der Waals surface area contributed by atoms with Gasteiger partial charge in [0.1, 0.15) is 11.3 Å². The van der Waals surface area contributed by atoms with E-state index < -0.39 is 17.2 Å². The van der Waals surface area contributed by atoms with Gasteiger partial charge in [-0.2, -0.15) is 0 Å². The number of nitrogens with zero attached hydrogens (tertiary/aromatic N) is 3. The number of H-pyrrole nitrogens is 1. The van der Waals surface area contributed by atoms with Crippen LogP contribution >= 0.6 is 0 Å². The highest BCUT2D eigenvalue weighted by molar-refractivity contribution is 5.85. The van der Waals surface area contributed by atoms with Crippen LogP contribution in [0.5, 0.6) is 0 Å². The molecular weight excluding hydrogens is 364 g/mol. The lowest BCUT2D eigenvalue weighted by atomic mass is 9.85. The molecule has 1 aromatic carbocycles. The van der Waals surface area contributed by atoms with Gasteiger partial charge in [0.15, 0.2) is 17.3 Å². The Kier molecular flexibility index (Phi) is 3.68. The van der Waals surface area contributed by atoms with Crippen molar-refractivity contribution in [2.24, 2.45) is 0 Å². The smallest absolute Gasteiger partial charge is 0.248 e. The highest BCUT2D eigenvalue weighted by Gasteiger charge is 2.27. The van der Waals surface area contributed by atoms with E-state index in [2.05, 4.69) is 9.97 Å². The number of anilines is 1. The standard InChI is InChI=1S/C20H17F2N5O/c21-13-5-4-12-11(8-15(28)25-17(12)16(13)22)9-27-19(10-2-1-3-10)26-18-14(23)6-7-24-20(18)27/h4-8,10H,1-3,9H2,(H2,23,24)(H,25,28). The molecule has 5 rings (SSSR count). The molecule has 1 fully saturated rings. The lowest BCUT2D eigenvalue weighted by Gasteiger charge is -2.25. The first-order valence-corrected chi connectivity index (χ1v) is 9.13. The topological polar surface area (TPSA) is 89.6 Å². The average molecular weight is 381 g/mol. The summed E-state index contributed by atoms with van der Waals surface area (Å²) in [4.78, 5) is 23.6. The van der Waals surface area contributed by atoms with E-state index >= 15 is 0 Å². The molecule has 8 heteroatoms. The monoisotopic (exact) mass is 381 g/mol. The summed E-state index contributed by atoms with van der Waals surface area (Å²) >= 11 is 0. The number of halogens is 2. The number of aromatic nitrogens is 4. The zero-order valence-corrected chi connectivity index (χ0v) is 14.9. The molecule has 6 nitrogen and oxygen atoms in total. The summed E-state index contributed by atoms with van der Waals surface area (Å²) in [6.07, 6.45) is 4.80. The van der Waals surface area contributed by atoms with E-state index in [1.54, 1.807) is 12.3 Å². The Morgan fingerprint density at radius 2 is 2.07 bits per heavy atom. The molecule has 1 aliphatic carbocycles. The van der Waals surface area contributed by atoms with Crippen LogP contribution in [0.25, 0.3) is 22.1 Å². The molecule has 0 saturated heterocycles. The molecular formula is C20H17F2N5O. The quantitative estimate of drug-likeness (QED) is 0.569. The highest BCUT2D eigenvalue weighted by atomic mass is 19.2. The number of nitrogens with two attached hydrogens (primary N) is 1. The van der Waals surface area contributed by atoms with E-state index in [4.69, 9.17) is 10.7 Å². The van der Waals surface area contributed by atoms with Crippen LogP contribution in [0.3, 0.4) is 0 Å². The van der Waals surface area contributed by atoms with E-state index in [0.717, 1.165) is 31.2 Å². The van der Waals surface area contributed by atoms with E-state index in [9.17, 15) is 13.6 Å². The van der Waals surface area contributed by atoms with Crippen molar-refractivity contribution in [2.45, 2.75) is 31.7 Å². The predicted octanol–water partition coefficient (Wildman–Crippen LogP) is 3.45. The molecule has 4 aromatic rings. The summed E-state index contributed by atoms with van der Waals surface area (Å²) in [5.41, 5.74) is 7.80. The van der Waals surface area contributed by atoms with Crippen molar-refractivity contribution in [3.05, 3.63) is 63.8 Å². The van der Waals surface area contributed by atoms with E-state index in [-0.39, 0.29) is 12.1 Å². The first-order chi connectivity index (χ1) is 13.5. The third kappa shape index (κ3) is 2.48. The Hall–Kier alpha value is -3.29. The summed E-state index contributed by atoms with van der Waals surface area (Å²) in [6.45, 7) is 0.268. The van der Waals surface area contributed by atoms with Crippen molar-refractivity contribution >= 4 is 27.8 Å². The molecule has 0 bridgehead atoms. The number of rotatable bonds is 3. The van der Waals surface area contributed by atoms with Gasteiger partial charge in [-0.25, -0.2) is 18.7 Å². The van der Waals surface area contributed by atoms with E-state index in [1.807, 2.05) is 4.57 Å². The number of nitrogens with one attached hydrogen (secondary N) is 1. The van der Waals surface area contributed by atoms with Gasteiger partial charge in [-0.15, -0.1) is 0 Å². The van der Waals surface area contributed by atoms with Gasteiger partial charge in [0.05, 0.1) is 17.7 Å². The van der Waals surface area contributed by atoms with Gasteiger partial charge in [0.2, 0.25) is 5.56 Å². The van der Waals surface area contributed by atoms with Gasteiger partial charge in [0.25, 0.3) is 0 Å². The van der Waals surface area contributed by atoms with Crippen molar-refractivity contribution < 1.29 is 8.78 Å². The van der Waals surface area contributed by atoms with Crippen molar-refractivity contribution in [2.75, 3.05) is 5.73 Å². The molecule has 0 unspecified atom stereocenters. The van der Waals surface area contributed by atoms with Gasteiger partial charge in [-0.1, -0.05) is 6.42 Å². The van der Waals surface area contributed by atoms with Crippen molar-refractivity contribution in [1.82, 2.24) is 19.5 Å². The summed E-state index contributed by atoms with van der Waals surface area (Å²) in [7, 11) is 0. The molecule has 3 aromatic heterocycles. The predicted molar refractivity (Wildman–Crippen MR) is 102 cm³/mol. The van der Waals surface area contributed by atoms with Crippen molar-refractivity contribution in [1.29, 1.82) is 0 Å². The van der Waals surface area contributed by atoms with Crippen LogP contribution in [-0.2, 0) is 6.54 Å². The van der Waals surface area contributed by atoms with Crippen LogP contribution in [0.4, 0.5) is 14.5 Å². The SMILES string of the molecule is Nc1ccnc2c1nc(C1CCC1)n2Cc1cc(=O)[nH]c2c(F)c(F)ccc12. The average Bonchev–Trinajstić information content (AvgIpc) is 2.97. The maximum Gasteiger partial charge on any atom is 0.248 e. The summed E-state index contributed by atoms with van der Waals surface area (Å²) < 4.78 is 29.8. The number of hydrogen-bond donors (Lipinski definition) is 2. The summed E-state index contributed by atoms with van der Waals surface area (Å²) in [5, 5.41) is 0.448. The third-order valence-electron chi connectivity index (χ3n) is 5.49. The van der Waals surface area contributed by atoms with Crippen LogP contribution < -0.4 is 11.3 Å². The van der Waals surface area contributed by atoms with Gasteiger partial charge >= 0.3 is 0 Å². The van der Waals surface area contributed by atoms with Crippen LogP contribution in [0.15, 0.2) is 35.3 Å². The highest BCUT2D eigenvalue weighted by Crippen LogP contribution is 2.38. The van der Waals surface area contributed by atoms with E-state index in [0.29, 0.717) is 33.7 Å². The van der Waals surface area contributed by atoms with Gasteiger partial charge in [-0.3, -0.25) is 4.79 Å². The molecule has 0 aliphatic heterocycles. The lowest BCUT2D eigenvalue weighted by molar-refractivity contribution is 0.391. The second kappa shape index (κ2) is 6.12. The minimum Gasteiger partial charge on any atom is -0.397 e. The third-order valence-corrected chi connectivity index (χ3v) is 5.49. The number of pyridine rings is 2. The zero-order chi connectivity index (χ0) is 19.4. The molecule has 142 valence electrons. The Balaban J connectivity index is 1.74. The maximum absolute atomic E-state index is 14.2. The van der Waals surface area contributed by atoms with Gasteiger partial charge in [0, 0.05) is 23.6 Å². The Labute approximate surface area is 158 Å². The molecule has 28 heavy (non-hydrogen) atoms. The Morgan fingerprint density at radius 1 is 1.25 bits per heavy atom. The number of nitrogen functional groups attached to an aromatic ring is 1. The Bertz CT molecular complexity index is 1290. The van der Waals surface area contributed by atoms with Gasteiger partial charge < -0.3 is 15.3 Å². The molecule has 0 amide bonds. The second-order valence-electron chi connectivity index (χ2n) is 7.20. The number of fused-ring (bicyclic) bond motifs is 2. The molecule has 1 aliphatic rings. The van der Waals surface area contributed by atoms with Crippen LogP contribution in [-0.4, -0.2) is 19.5 Å². The second-order valence-corrected chi connectivity index (χ2v) is 7.20. The minimum atomic E-state index is -1.06. The first-order valence-electron chi connectivity index (χ1n) is 9.13. The molecule has 3 N–H and O–H groups in total. The van der Waals surface area contributed by atoms with Crippen molar-refractivity contribution in [3.8, 4) is 0 Å². The maximum atomic E-state index is 14.2. The normalized spacial score (nSPS) is 14.6. The Morgan fingerprint density at radius 3 is 2.82 bits per heavy atom. The van der Waals surface area contributed by atoms with Crippen LogP contribution in [0.1, 0.15) is 36.6 Å². The fourth-order valence-corrected chi connectivity index (χ4v) is 3.82. The first kappa shape index (κ1) is 16.9. The largest absolute Gasteiger partial charge is 0.397 e.